The lowest BCUT2D eigenvalue weighted by molar-refractivity contribution is 0.253. The summed E-state index contributed by atoms with van der Waals surface area (Å²) in [5.74, 6) is 0.888. The average molecular weight is 468 g/mol. The number of likely N-dealkylation sites (N-methyl/N-ethyl adjacent to an activating group) is 1. The first kappa shape index (κ1) is 24.5. The van der Waals surface area contributed by atoms with Gasteiger partial charge in [-0.2, -0.15) is 5.10 Å². The summed E-state index contributed by atoms with van der Waals surface area (Å²) < 4.78 is 21.5. The number of piperazine rings is 1. The van der Waals surface area contributed by atoms with Gasteiger partial charge in [-0.15, -0.1) is 0 Å². The molecule has 0 amide bonds. The van der Waals surface area contributed by atoms with Crippen LogP contribution in [-0.2, 0) is 19.5 Å². The molecule has 34 heavy (non-hydrogen) atoms. The average Bonchev–Trinajstić information content (AvgIpc) is 3.48. The molecule has 1 aliphatic rings. The van der Waals surface area contributed by atoms with Crippen molar-refractivity contribution in [3.05, 3.63) is 65.5 Å². The summed E-state index contributed by atoms with van der Waals surface area (Å²) in [5.41, 5.74) is 4.36. The number of nitrogens with zero attached hydrogens (tertiary/aromatic N) is 5. The third-order valence-electron chi connectivity index (χ3n) is 6.61. The molecule has 0 spiro atoms. The summed E-state index contributed by atoms with van der Waals surface area (Å²) in [6, 6.07) is 8.85. The lowest BCUT2D eigenvalue weighted by Crippen LogP contribution is -2.47. The van der Waals surface area contributed by atoms with Gasteiger partial charge < -0.3 is 14.2 Å². The summed E-state index contributed by atoms with van der Waals surface area (Å²) in [6.07, 6.45) is 6.57. The van der Waals surface area contributed by atoms with Crippen LogP contribution in [0.5, 0.6) is 0 Å². The Hall–Kier alpha value is -2.64. The molecule has 1 aliphatic heterocycles. The highest BCUT2D eigenvalue weighted by molar-refractivity contribution is 5.56. The monoisotopic (exact) mass is 467 g/mol. The number of halogens is 1. The van der Waals surface area contributed by atoms with E-state index in [0.29, 0.717) is 0 Å². The fourth-order valence-corrected chi connectivity index (χ4v) is 4.87. The predicted molar refractivity (Wildman–Crippen MR) is 135 cm³/mol. The molecule has 1 fully saturated rings. The Morgan fingerprint density at radius 3 is 2.50 bits per heavy atom. The highest BCUT2D eigenvalue weighted by Crippen LogP contribution is 2.31. The van der Waals surface area contributed by atoms with Gasteiger partial charge in [0.25, 0.3) is 0 Å². The van der Waals surface area contributed by atoms with E-state index in [1.54, 1.807) is 18.4 Å². The molecule has 0 saturated carbocycles. The van der Waals surface area contributed by atoms with Gasteiger partial charge in [-0.05, 0) is 50.2 Å². The van der Waals surface area contributed by atoms with E-state index < -0.39 is 0 Å². The number of rotatable bonds is 11. The number of benzene rings is 1. The Labute approximate surface area is 202 Å². The standard InChI is InChI=1S/C27H38FN5O/c1-4-8-26-25(20-31(12-5-2)19-22-11-17-34-21-22)27(32-15-13-30(6-3)14-16-32)33(29-26)24-10-7-9-23(28)18-24/h7,9-11,17-18,21H,4-6,8,12-16,19-20H2,1-3H3. The molecule has 2 aromatic heterocycles. The van der Waals surface area contributed by atoms with Crippen molar-refractivity contribution in [3.63, 3.8) is 0 Å². The van der Waals surface area contributed by atoms with Gasteiger partial charge in [0.15, 0.2) is 0 Å². The van der Waals surface area contributed by atoms with Crippen molar-refractivity contribution in [2.75, 3.05) is 44.2 Å². The van der Waals surface area contributed by atoms with Crippen LogP contribution >= 0.6 is 0 Å². The zero-order valence-electron chi connectivity index (χ0n) is 20.8. The van der Waals surface area contributed by atoms with Crippen LogP contribution in [0.1, 0.15) is 50.4 Å². The van der Waals surface area contributed by atoms with Gasteiger partial charge in [-0.25, -0.2) is 9.07 Å². The second-order valence-corrected chi connectivity index (χ2v) is 9.15. The van der Waals surface area contributed by atoms with E-state index in [9.17, 15) is 4.39 Å². The summed E-state index contributed by atoms with van der Waals surface area (Å²) in [5, 5.41) is 5.09. The van der Waals surface area contributed by atoms with Crippen LogP contribution in [0.3, 0.4) is 0 Å². The molecule has 0 aliphatic carbocycles. The van der Waals surface area contributed by atoms with Gasteiger partial charge >= 0.3 is 0 Å². The van der Waals surface area contributed by atoms with Crippen molar-refractivity contribution in [2.24, 2.45) is 0 Å². The maximum Gasteiger partial charge on any atom is 0.137 e. The summed E-state index contributed by atoms with van der Waals surface area (Å²) >= 11 is 0. The molecule has 0 radical (unpaired) electrons. The van der Waals surface area contributed by atoms with Gasteiger partial charge in [0.05, 0.1) is 23.9 Å². The summed E-state index contributed by atoms with van der Waals surface area (Å²) in [4.78, 5) is 7.41. The van der Waals surface area contributed by atoms with Crippen molar-refractivity contribution < 1.29 is 8.81 Å². The van der Waals surface area contributed by atoms with Gasteiger partial charge in [-0.3, -0.25) is 4.90 Å². The van der Waals surface area contributed by atoms with Gasteiger partial charge in [0.1, 0.15) is 11.6 Å². The Morgan fingerprint density at radius 1 is 1.03 bits per heavy atom. The second-order valence-electron chi connectivity index (χ2n) is 9.15. The van der Waals surface area contributed by atoms with Gasteiger partial charge in [-0.1, -0.05) is 33.3 Å². The molecule has 6 nitrogen and oxygen atoms in total. The Balaban J connectivity index is 1.76. The molecular weight excluding hydrogens is 429 g/mol. The van der Waals surface area contributed by atoms with E-state index in [-0.39, 0.29) is 5.82 Å². The van der Waals surface area contributed by atoms with Crippen molar-refractivity contribution in [1.29, 1.82) is 0 Å². The number of furan rings is 1. The largest absolute Gasteiger partial charge is 0.472 e. The number of hydrogen-bond acceptors (Lipinski definition) is 5. The van der Waals surface area contributed by atoms with E-state index in [1.807, 2.05) is 23.1 Å². The SMILES string of the molecule is CCCc1nn(-c2cccc(F)c2)c(N2CCN(CC)CC2)c1CN(CCC)Cc1ccoc1. The molecule has 0 atom stereocenters. The third-order valence-corrected chi connectivity index (χ3v) is 6.61. The van der Waals surface area contributed by atoms with Crippen molar-refractivity contribution in [2.45, 2.75) is 53.1 Å². The molecule has 0 N–H and O–H groups in total. The van der Waals surface area contributed by atoms with Crippen LogP contribution in [0, 0.1) is 5.82 Å². The summed E-state index contributed by atoms with van der Waals surface area (Å²) in [7, 11) is 0. The predicted octanol–water partition coefficient (Wildman–Crippen LogP) is 5.11. The molecule has 1 saturated heterocycles. The zero-order chi connectivity index (χ0) is 23.9. The number of aryl methyl sites for hydroxylation is 1. The molecule has 3 heterocycles. The Bertz CT molecular complexity index is 1020. The van der Waals surface area contributed by atoms with Crippen LogP contribution in [-0.4, -0.2) is 58.8 Å². The number of aromatic nitrogens is 2. The van der Waals surface area contributed by atoms with E-state index in [0.717, 1.165) is 88.8 Å². The van der Waals surface area contributed by atoms with Crippen LogP contribution in [0.25, 0.3) is 5.69 Å². The third kappa shape index (κ3) is 5.70. The van der Waals surface area contributed by atoms with E-state index >= 15 is 0 Å². The lowest BCUT2D eigenvalue weighted by atomic mass is 10.1. The molecule has 184 valence electrons. The topological polar surface area (TPSA) is 40.7 Å². The smallest absolute Gasteiger partial charge is 0.137 e. The molecule has 3 aromatic rings. The normalized spacial score (nSPS) is 14.9. The molecule has 4 rings (SSSR count). The first-order chi connectivity index (χ1) is 16.6. The molecule has 7 heteroatoms. The van der Waals surface area contributed by atoms with E-state index in [1.165, 1.54) is 17.2 Å². The molecule has 1 aromatic carbocycles. The Morgan fingerprint density at radius 2 is 1.85 bits per heavy atom. The van der Waals surface area contributed by atoms with Crippen LogP contribution in [0.4, 0.5) is 10.2 Å². The fraction of sp³-hybridized carbons (Fsp3) is 0.519. The molecule has 0 unspecified atom stereocenters. The van der Waals surface area contributed by atoms with Gasteiger partial charge in [0.2, 0.25) is 0 Å². The van der Waals surface area contributed by atoms with Gasteiger partial charge in [0, 0.05) is 50.4 Å². The molecule has 0 bridgehead atoms. The summed E-state index contributed by atoms with van der Waals surface area (Å²) in [6.45, 7) is 14.3. The van der Waals surface area contributed by atoms with Crippen LogP contribution < -0.4 is 4.90 Å². The second kappa shape index (κ2) is 11.7. The maximum absolute atomic E-state index is 14.2. The van der Waals surface area contributed by atoms with Crippen molar-refractivity contribution in [1.82, 2.24) is 19.6 Å². The fourth-order valence-electron chi connectivity index (χ4n) is 4.87. The first-order valence-electron chi connectivity index (χ1n) is 12.7. The van der Waals surface area contributed by atoms with E-state index in [4.69, 9.17) is 9.52 Å². The minimum atomic E-state index is -0.235. The lowest BCUT2D eigenvalue weighted by Gasteiger charge is -2.36. The highest BCUT2D eigenvalue weighted by Gasteiger charge is 2.27. The van der Waals surface area contributed by atoms with Crippen molar-refractivity contribution >= 4 is 5.82 Å². The van der Waals surface area contributed by atoms with Crippen LogP contribution in [0.15, 0.2) is 47.3 Å². The highest BCUT2D eigenvalue weighted by atomic mass is 19.1. The molecular formula is C27H38FN5O. The first-order valence-corrected chi connectivity index (χ1v) is 12.7. The number of anilines is 1. The number of hydrogen-bond donors (Lipinski definition) is 0. The quantitative estimate of drug-likeness (QED) is 0.392. The minimum Gasteiger partial charge on any atom is -0.472 e. The zero-order valence-corrected chi connectivity index (χ0v) is 20.8. The van der Waals surface area contributed by atoms with Crippen LogP contribution in [0.2, 0.25) is 0 Å². The Kier molecular flexibility index (Phi) is 8.40. The minimum absolute atomic E-state index is 0.235. The maximum atomic E-state index is 14.2. The van der Waals surface area contributed by atoms with E-state index in [2.05, 4.69) is 35.5 Å². The van der Waals surface area contributed by atoms with Crippen molar-refractivity contribution in [3.8, 4) is 5.69 Å².